The van der Waals surface area contributed by atoms with E-state index in [1.165, 1.54) is 28.8 Å². The lowest BCUT2D eigenvalue weighted by atomic mass is 10.2. The molecule has 3 aromatic rings. The number of hydrogen-bond donors (Lipinski definition) is 2. The number of hydrazine groups is 1. The summed E-state index contributed by atoms with van der Waals surface area (Å²) in [7, 11) is 0. The molecule has 0 saturated heterocycles. The van der Waals surface area contributed by atoms with Crippen molar-refractivity contribution in [1.82, 2.24) is 15.4 Å². The summed E-state index contributed by atoms with van der Waals surface area (Å²) >= 11 is 0. The van der Waals surface area contributed by atoms with Gasteiger partial charge in [-0.25, -0.2) is 4.39 Å². The molecule has 0 unspecified atom stereocenters. The molecule has 0 radical (unpaired) electrons. The smallest absolute Gasteiger partial charge is 0.275 e. The molecule has 1 aromatic heterocycles. The predicted molar refractivity (Wildman–Crippen MR) is 97.6 cm³/mol. The van der Waals surface area contributed by atoms with Crippen molar-refractivity contribution in [1.29, 1.82) is 0 Å². The first-order chi connectivity index (χ1) is 13.1. The first kappa shape index (κ1) is 18.1. The second kappa shape index (κ2) is 8.09. The third kappa shape index (κ3) is 4.27. The van der Waals surface area contributed by atoms with Gasteiger partial charge in [-0.15, -0.1) is 0 Å². The fourth-order valence-corrected chi connectivity index (χ4v) is 2.51. The van der Waals surface area contributed by atoms with E-state index in [0.29, 0.717) is 6.54 Å². The summed E-state index contributed by atoms with van der Waals surface area (Å²) in [5, 5.41) is 0. The van der Waals surface area contributed by atoms with Gasteiger partial charge >= 0.3 is 0 Å². The predicted octanol–water partition coefficient (Wildman–Crippen LogP) is 2.11. The highest BCUT2D eigenvalue weighted by atomic mass is 19.1. The number of rotatable bonds is 4. The lowest BCUT2D eigenvalue weighted by Crippen LogP contribution is -2.44. The Bertz CT molecular complexity index is 1030. The monoisotopic (exact) mass is 365 g/mol. The van der Waals surface area contributed by atoms with Crippen LogP contribution < -0.4 is 16.4 Å². The number of pyridine rings is 1. The normalized spacial score (nSPS) is 10.3. The summed E-state index contributed by atoms with van der Waals surface area (Å²) in [5.74, 6) is -2.32. The van der Waals surface area contributed by atoms with Crippen LogP contribution in [0.5, 0.6) is 0 Å². The highest BCUT2D eigenvalue weighted by Gasteiger charge is 2.15. The van der Waals surface area contributed by atoms with Crippen LogP contribution in [0.2, 0.25) is 0 Å². The zero-order valence-corrected chi connectivity index (χ0v) is 14.2. The number of carbonyl (C=O) groups is 2. The van der Waals surface area contributed by atoms with Crippen molar-refractivity contribution >= 4 is 11.8 Å². The van der Waals surface area contributed by atoms with Gasteiger partial charge in [-0.1, -0.05) is 42.5 Å². The summed E-state index contributed by atoms with van der Waals surface area (Å²) in [4.78, 5) is 36.7. The molecular formula is C20H16FN3O3. The van der Waals surface area contributed by atoms with Crippen molar-refractivity contribution < 1.29 is 14.0 Å². The van der Waals surface area contributed by atoms with Crippen LogP contribution in [0, 0.1) is 5.82 Å². The van der Waals surface area contributed by atoms with Crippen LogP contribution in [-0.4, -0.2) is 16.4 Å². The fourth-order valence-electron chi connectivity index (χ4n) is 2.51. The molecular weight excluding hydrogens is 349 g/mol. The minimum absolute atomic E-state index is 0.137. The van der Waals surface area contributed by atoms with Crippen molar-refractivity contribution in [3.8, 4) is 0 Å². The Labute approximate surface area is 154 Å². The minimum Gasteiger partial charge on any atom is -0.310 e. The first-order valence-corrected chi connectivity index (χ1v) is 8.15. The van der Waals surface area contributed by atoms with Gasteiger partial charge in [-0.05, 0) is 29.8 Å². The topological polar surface area (TPSA) is 80.2 Å². The van der Waals surface area contributed by atoms with Crippen molar-refractivity contribution in [3.05, 3.63) is 106 Å². The quantitative estimate of drug-likeness (QED) is 0.695. The Kier molecular flexibility index (Phi) is 5.41. The highest BCUT2D eigenvalue weighted by molar-refractivity contribution is 5.99. The van der Waals surface area contributed by atoms with E-state index in [1.807, 2.05) is 30.3 Å². The number of benzene rings is 2. The number of hydrogen-bond acceptors (Lipinski definition) is 3. The van der Waals surface area contributed by atoms with Crippen molar-refractivity contribution in [2.24, 2.45) is 0 Å². The number of halogens is 1. The van der Waals surface area contributed by atoms with Gasteiger partial charge in [-0.2, -0.15) is 0 Å². The molecule has 6 nitrogen and oxygen atoms in total. The van der Waals surface area contributed by atoms with Gasteiger partial charge in [-0.3, -0.25) is 25.2 Å². The van der Waals surface area contributed by atoms with Gasteiger partial charge in [0.2, 0.25) is 0 Å². The molecule has 0 aliphatic rings. The first-order valence-electron chi connectivity index (χ1n) is 8.15. The third-order valence-electron chi connectivity index (χ3n) is 3.87. The number of amides is 2. The van der Waals surface area contributed by atoms with E-state index in [1.54, 1.807) is 12.3 Å². The maximum atomic E-state index is 13.6. The van der Waals surface area contributed by atoms with Gasteiger partial charge in [0.1, 0.15) is 11.4 Å². The van der Waals surface area contributed by atoms with Crippen molar-refractivity contribution in [2.75, 3.05) is 0 Å². The molecule has 2 N–H and O–H groups in total. The van der Waals surface area contributed by atoms with E-state index >= 15 is 0 Å². The van der Waals surface area contributed by atoms with Crippen LogP contribution in [0.3, 0.4) is 0 Å². The lowest BCUT2D eigenvalue weighted by Gasteiger charge is -2.10. The third-order valence-corrected chi connectivity index (χ3v) is 3.87. The van der Waals surface area contributed by atoms with Crippen molar-refractivity contribution in [2.45, 2.75) is 6.54 Å². The SMILES string of the molecule is O=C(NNC(=O)c1cccn(Cc2ccccc2)c1=O)c1ccccc1F. The Hall–Kier alpha value is -3.74. The molecule has 136 valence electrons. The Morgan fingerprint density at radius 3 is 2.11 bits per heavy atom. The average molecular weight is 365 g/mol. The maximum absolute atomic E-state index is 13.6. The standard InChI is InChI=1S/C20H16FN3O3/c21-17-11-5-4-9-15(17)18(25)22-23-19(26)16-10-6-12-24(20(16)27)13-14-7-2-1-3-8-14/h1-12H,13H2,(H,22,25)(H,23,26). The van der Waals surface area contributed by atoms with Gasteiger partial charge in [0, 0.05) is 6.20 Å². The summed E-state index contributed by atoms with van der Waals surface area (Å²) in [6.45, 7) is 0.308. The van der Waals surface area contributed by atoms with Crippen LogP contribution in [-0.2, 0) is 6.54 Å². The van der Waals surface area contributed by atoms with Gasteiger partial charge < -0.3 is 4.57 Å². The van der Waals surface area contributed by atoms with Gasteiger partial charge in [0.05, 0.1) is 12.1 Å². The van der Waals surface area contributed by atoms with E-state index in [0.717, 1.165) is 11.6 Å². The number of nitrogens with zero attached hydrogens (tertiary/aromatic N) is 1. The highest BCUT2D eigenvalue weighted by Crippen LogP contribution is 2.05. The Balaban J connectivity index is 1.72. The summed E-state index contributed by atoms with van der Waals surface area (Å²) < 4.78 is 15.0. The van der Waals surface area contributed by atoms with E-state index in [2.05, 4.69) is 10.9 Å². The van der Waals surface area contributed by atoms with Crippen LogP contribution in [0.4, 0.5) is 4.39 Å². The molecule has 2 aromatic carbocycles. The van der Waals surface area contributed by atoms with Gasteiger partial charge in [0.25, 0.3) is 17.4 Å². The fraction of sp³-hybridized carbons (Fsp3) is 0.0500. The van der Waals surface area contributed by atoms with Crippen LogP contribution in [0.15, 0.2) is 77.7 Å². The molecule has 0 fully saturated rings. The van der Waals surface area contributed by atoms with Crippen molar-refractivity contribution in [3.63, 3.8) is 0 Å². The molecule has 0 atom stereocenters. The maximum Gasteiger partial charge on any atom is 0.275 e. The van der Waals surface area contributed by atoms with Gasteiger partial charge in [0.15, 0.2) is 0 Å². The lowest BCUT2D eigenvalue weighted by molar-refractivity contribution is 0.0843. The zero-order chi connectivity index (χ0) is 19.2. The number of carbonyl (C=O) groups excluding carboxylic acids is 2. The van der Waals surface area contributed by atoms with Crippen LogP contribution in [0.25, 0.3) is 0 Å². The second-order valence-corrected chi connectivity index (χ2v) is 5.73. The zero-order valence-electron chi connectivity index (χ0n) is 14.2. The number of nitrogens with one attached hydrogen (secondary N) is 2. The Morgan fingerprint density at radius 1 is 0.815 bits per heavy atom. The molecule has 27 heavy (non-hydrogen) atoms. The van der Waals surface area contributed by atoms with E-state index in [4.69, 9.17) is 0 Å². The van der Waals surface area contributed by atoms with E-state index in [9.17, 15) is 18.8 Å². The largest absolute Gasteiger partial charge is 0.310 e. The number of aromatic nitrogens is 1. The molecule has 2 amide bonds. The molecule has 0 saturated carbocycles. The summed E-state index contributed by atoms with van der Waals surface area (Å²) in [6.07, 6.45) is 1.57. The Morgan fingerprint density at radius 2 is 1.41 bits per heavy atom. The summed E-state index contributed by atoms with van der Waals surface area (Å²) in [6, 6.07) is 17.6. The average Bonchev–Trinajstić information content (AvgIpc) is 2.68. The molecule has 0 spiro atoms. The summed E-state index contributed by atoms with van der Waals surface area (Å²) in [5.41, 5.74) is 4.30. The molecule has 0 bridgehead atoms. The molecule has 1 heterocycles. The van der Waals surface area contributed by atoms with E-state index in [-0.39, 0.29) is 11.1 Å². The van der Waals surface area contributed by atoms with E-state index < -0.39 is 23.2 Å². The second-order valence-electron chi connectivity index (χ2n) is 5.73. The minimum atomic E-state index is -0.818. The van der Waals surface area contributed by atoms with Crippen LogP contribution in [0.1, 0.15) is 26.3 Å². The molecule has 7 heteroatoms. The molecule has 0 aliphatic heterocycles. The van der Waals surface area contributed by atoms with Crippen LogP contribution >= 0.6 is 0 Å². The molecule has 3 rings (SSSR count). The molecule has 0 aliphatic carbocycles.